The Bertz CT molecular complexity index is 1400. The first-order chi connectivity index (χ1) is 16.4. The molecule has 3 heterocycles. The maximum Gasteiger partial charge on any atom is 0.327 e. The number of hydrogen-bond donors (Lipinski definition) is 1. The zero-order valence-corrected chi connectivity index (χ0v) is 18.4. The molecule has 0 aliphatic rings. The van der Waals surface area contributed by atoms with E-state index in [0.29, 0.717) is 29.0 Å². The molecular formula is C22H20FN9O2. The number of aromatic nitrogens is 7. The van der Waals surface area contributed by atoms with Gasteiger partial charge in [0.15, 0.2) is 17.5 Å². The Labute approximate surface area is 193 Å². The van der Waals surface area contributed by atoms with Crippen LogP contribution in [0.3, 0.4) is 0 Å². The van der Waals surface area contributed by atoms with Gasteiger partial charge in [0.25, 0.3) is 0 Å². The Hall–Kier alpha value is -4.66. The van der Waals surface area contributed by atoms with Crippen molar-refractivity contribution in [2.24, 2.45) is 0 Å². The number of ether oxygens (including phenoxy) is 1. The predicted octanol–water partition coefficient (Wildman–Crippen LogP) is 2.11. The fraction of sp³-hybridized carbons (Fsp3) is 0.227. The fourth-order valence-electron chi connectivity index (χ4n) is 3.32. The average Bonchev–Trinajstić information content (AvgIpc) is 3.45. The molecule has 0 atom stereocenters. The van der Waals surface area contributed by atoms with E-state index in [4.69, 9.17) is 10.5 Å². The van der Waals surface area contributed by atoms with E-state index in [1.807, 2.05) is 0 Å². The molecule has 0 spiro atoms. The van der Waals surface area contributed by atoms with Crippen LogP contribution in [0.15, 0.2) is 36.7 Å². The molecule has 2 N–H and O–H groups in total. The molecule has 11 nitrogen and oxygen atoms in total. The summed E-state index contributed by atoms with van der Waals surface area (Å²) >= 11 is 0. The molecule has 0 amide bonds. The number of benzene rings is 1. The summed E-state index contributed by atoms with van der Waals surface area (Å²) in [6.07, 6.45) is 3.16. The number of nitrogens with two attached hydrogens (primary N) is 1. The van der Waals surface area contributed by atoms with Crippen LogP contribution in [0, 0.1) is 24.1 Å². The van der Waals surface area contributed by atoms with E-state index in [-0.39, 0.29) is 42.1 Å². The number of carbonyl (C=O) groups excluding carboxylic acids is 1. The van der Waals surface area contributed by atoms with Crippen LogP contribution in [-0.2, 0) is 22.6 Å². The topological polar surface area (TPSA) is 150 Å². The summed E-state index contributed by atoms with van der Waals surface area (Å²) < 4.78 is 22.6. The zero-order valence-electron chi connectivity index (χ0n) is 18.4. The van der Waals surface area contributed by atoms with E-state index in [0.717, 1.165) is 0 Å². The van der Waals surface area contributed by atoms with Crippen LogP contribution in [0.2, 0.25) is 0 Å². The molecule has 34 heavy (non-hydrogen) atoms. The van der Waals surface area contributed by atoms with Gasteiger partial charge in [0.05, 0.1) is 36.7 Å². The van der Waals surface area contributed by atoms with Gasteiger partial charge in [-0.25, -0.2) is 19.0 Å². The number of esters is 1. The summed E-state index contributed by atoms with van der Waals surface area (Å²) in [5.74, 6) is -1.36. The molecule has 0 fully saturated rings. The summed E-state index contributed by atoms with van der Waals surface area (Å²) in [6, 6.07) is 8.93. The van der Waals surface area contributed by atoms with Crippen molar-refractivity contribution in [2.45, 2.75) is 26.9 Å². The predicted molar refractivity (Wildman–Crippen MR) is 118 cm³/mol. The molecule has 0 unspecified atom stereocenters. The number of anilines is 1. The van der Waals surface area contributed by atoms with Crippen LogP contribution in [0.1, 0.15) is 23.7 Å². The van der Waals surface area contributed by atoms with Crippen molar-refractivity contribution < 1.29 is 13.9 Å². The van der Waals surface area contributed by atoms with Crippen molar-refractivity contribution in [1.82, 2.24) is 34.7 Å². The highest BCUT2D eigenvalue weighted by Gasteiger charge is 2.19. The second-order valence-electron chi connectivity index (χ2n) is 7.30. The monoisotopic (exact) mass is 461 g/mol. The Morgan fingerprint density at radius 1 is 1.26 bits per heavy atom. The summed E-state index contributed by atoms with van der Waals surface area (Å²) in [7, 11) is 0. The van der Waals surface area contributed by atoms with Crippen LogP contribution in [-0.4, -0.2) is 47.3 Å². The molecule has 0 bridgehead atoms. The van der Waals surface area contributed by atoms with E-state index in [9.17, 15) is 14.4 Å². The molecule has 0 radical (unpaired) electrons. The van der Waals surface area contributed by atoms with Crippen molar-refractivity contribution >= 4 is 11.8 Å². The molecule has 3 aromatic heterocycles. The first-order valence-electron chi connectivity index (χ1n) is 10.3. The molecule has 4 aromatic rings. The molecule has 4 rings (SSSR count). The molecule has 0 saturated carbocycles. The molecule has 0 aliphatic heterocycles. The minimum absolute atomic E-state index is 0.00291. The van der Waals surface area contributed by atoms with Gasteiger partial charge in [-0.2, -0.15) is 10.4 Å². The quantitative estimate of drug-likeness (QED) is 0.408. The lowest BCUT2D eigenvalue weighted by atomic mass is 10.0. The Kier molecular flexibility index (Phi) is 6.26. The fourth-order valence-corrected chi connectivity index (χ4v) is 3.32. The Balaban J connectivity index is 1.60. The first kappa shape index (κ1) is 22.5. The Morgan fingerprint density at radius 2 is 2.09 bits per heavy atom. The summed E-state index contributed by atoms with van der Waals surface area (Å²) in [5.41, 5.74) is 8.16. The van der Waals surface area contributed by atoms with Gasteiger partial charge in [-0.1, -0.05) is 17.3 Å². The zero-order chi connectivity index (χ0) is 24.2. The minimum Gasteiger partial charge on any atom is -0.465 e. The van der Waals surface area contributed by atoms with Gasteiger partial charge in [-0.15, -0.1) is 5.10 Å². The summed E-state index contributed by atoms with van der Waals surface area (Å²) in [5, 5.41) is 21.6. The molecule has 172 valence electrons. The third kappa shape index (κ3) is 4.58. The molecule has 0 aliphatic carbocycles. The van der Waals surface area contributed by atoms with E-state index < -0.39 is 5.82 Å². The number of rotatable bonds is 7. The SMILES string of the molecule is CCOC(=O)Cn1ccc(Cn2cc(-c3nc(-c4cccc(C#N)c4C)nc(N)c3F)nn2)n1. The first-order valence-corrected chi connectivity index (χ1v) is 10.3. The summed E-state index contributed by atoms with van der Waals surface area (Å²) in [4.78, 5) is 20.0. The number of carbonyl (C=O) groups is 1. The average molecular weight is 461 g/mol. The van der Waals surface area contributed by atoms with Crippen molar-refractivity contribution in [1.29, 1.82) is 5.26 Å². The Morgan fingerprint density at radius 3 is 2.85 bits per heavy atom. The lowest BCUT2D eigenvalue weighted by Gasteiger charge is -2.09. The highest BCUT2D eigenvalue weighted by atomic mass is 19.1. The van der Waals surface area contributed by atoms with Gasteiger partial charge in [0.2, 0.25) is 0 Å². The maximum absolute atomic E-state index is 14.8. The lowest BCUT2D eigenvalue weighted by Crippen LogP contribution is -2.14. The van der Waals surface area contributed by atoms with E-state index in [1.165, 1.54) is 15.6 Å². The van der Waals surface area contributed by atoms with Crippen LogP contribution < -0.4 is 5.73 Å². The number of nitrogen functional groups attached to an aromatic ring is 1. The lowest BCUT2D eigenvalue weighted by molar-refractivity contribution is -0.144. The van der Waals surface area contributed by atoms with E-state index >= 15 is 0 Å². The summed E-state index contributed by atoms with van der Waals surface area (Å²) in [6.45, 7) is 4.02. The number of halogens is 1. The number of hydrogen-bond acceptors (Lipinski definition) is 9. The number of nitrogens with zero attached hydrogens (tertiary/aromatic N) is 8. The molecule has 0 saturated heterocycles. The van der Waals surface area contributed by atoms with Gasteiger partial charge in [0, 0.05) is 11.8 Å². The van der Waals surface area contributed by atoms with Crippen molar-refractivity contribution in [3.8, 4) is 28.8 Å². The second-order valence-corrected chi connectivity index (χ2v) is 7.30. The van der Waals surface area contributed by atoms with Crippen molar-refractivity contribution in [3.63, 3.8) is 0 Å². The van der Waals surface area contributed by atoms with Gasteiger partial charge >= 0.3 is 5.97 Å². The third-order valence-electron chi connectivity index (χ3n) is 4.97. The largest absolute Gasteiger partial charge is 0.465 e. The van der Waals surface area contributed by atoms with Gasteiger partial charge < -0.3 is 10.5 Å². The van der Waals surface area contributed by atoms with Crippen LogP contribution in [0.25, 0.3) is 22.8 Å². The van der Waals surface area contributed by atoms with Crippen LogP contribution >= 0.6 is 0 Å². The molecule has 1 aromatic carbocycles. The van der Waals surface area contributed by atoms with Crippen LogP contribution in [0.5, 0.6) is 0 Å². The van der Waals surface area contributed by atoms with Gasteiger partial charge in [-0.05, 0) is 31.5 Å². The van der Waals surface area contributed by atoms with E-state index in [2.05, 4.69) is 31.4 Å². The maximum atomic E-state index is 14.8. The molecular weight excluding hydrogens is 441 g/mol. The normalized spacial score (nSPS) is 10.8. The third-order valence-corrected chi connectivity index (χ3v) is 4.97. The second kappa shape index (κ2) is 9.45. The standard InChI is InChI=1S/C22H20FN9O2/c1-3-34-18(33)12-31-8-7-15(29-31)10-32-11-17(28-30-32)20-19(23)21(25)27-22(26-20)16-6-4-5-14(9-24)13(16)2/h4-8,11H,3,10,12H2,1-2H3,(H2,25,26,27). The van der Waals surface area contributed by atoms with Crippen molar-refractivity contribution in [2.75, 3.05) is 12.3 Å². The molecule has 12 heteroatoms. The van der Waals surface area contributed by atoms with E-state index in [1.54, 1.807) is 44.3 Å². The minimum atomic E-state index is -0.816. The van der Waals surface area contributed by atoms with Crippen LogP contribution in [0.4, 0.5) is 10.2 Å². The van der Waals surface area contributed by atoms with Gasteiger partial charge in [-0.3, -0.25) is 9.48 Å². The smallest absolute Gasteiger partial charge is 0.327 e. The highest BCUT2D eigenvalue weighted by Crippen LogP contribution is 2.28. The van der Waals surface area contributed by atoms with Crippen molar-refractivity contribution in [3.05, 3.63) is 59.3 Å². The highest BCUT2D eigenvalue weighted by molar-refractivity contribution is 5.69. The number of nitriles is 1. The van der Waals surface area contributed by atoms with Gasteiger partial charge in [0.1, 0.15) is 17.9 Å².